The van der Waals surface area contributed by atoms with Crippen LogP contribution < -0.4 is 9.64 Å². The largest absolute Gasteiger partial charge is 0.426 e. The summed E-state index contributed by atoms with van der Waals surface area (Å²) in [5.74, 6) is 1.24. The molecule has 0 radical (unpaired) electrons. The van der Waals surface area contributed by atoms with E-state index in [0.717, 1.165) is 29.4 Å². The van der Waals surface area contributed by atoms with Crippen LogP contribution in [-0.2, 0) is 4.79 Å². The van der Waals surface area contributed by atoms with Crippen LogP contribution in [0.1, 0.15) is 38.7 Å². The zero-order chi connectivity index (χ0) is 16.6. The van der Waals surface area contributed by atoms with E-state index in [1.54, 1.807) is 0 Å². The van der Waals surface area contributed by atoms with Gasteiger partial charge in [0.15, 0.2) is 0 Å². The molecule has 0 saturated heterocycles. The maximum absolute atomic E-state index is 11.5. The average molecular weight is 332 g/mol. The van der Waals surface area contributed by atoms with Crippen LogP contribution >= 0.6 is 11.6 Å². The third-order valence-electron chi connectivity index (χ3n) is 4.72. The lowest BCUT2D eigenvalue weighted by Crippen LogP contribution is -2.31. The number of benzene rings is 2. The highest BCUT2D eigenvalue weighted by atomic mass is 35.5. The molecule has 0 fully saturated rings. The highest BCUT2D eigenvalue weighted by molar-refractivity contribution is 6.18. The summed E-state index contributed by atoms with van der Waals surface area (Å²) in [7, 11) is 0. The molecule has 0 bridgehead atoms. The molecule has 1 aliphatic heterocycles. The standard InChI is InChI=1S/C19H22ClNO2/c1-4-12(2)21-11-14(10-20)19-16-8-6-5-7-15(16)18(9-17(19)21)23-13(3)22/h5-9,12,14H,4,10-11H2,1-3H3/t12?,14-/m1/s1. The summed E-state index contributed by atoms with van der Waals surface area (Å²) in [5, 5.41) is 2.11. The normalized spacial score (nSPS) is 18.1. The molecule has 0 aromatic heterocycles. The molecule has 1 unspecified atom stereocenters. The topological polar surface area (TPSA) is 29.5 Å². The third kappa shape index (κ3) is 2.78. The van der Waals surface area contributed by atoms with Crippen molar-refractivity contribution in [2.75, 3.05) is 17.3 Å². The lowest BCUT2D eigenvalue weighted by molar-refractivity contribution is -0.131. The lowest BCUT2D eigenvalue weighted by Gasteiger charge is -2.27. The van der Waals surface area contributed by atoms with Gasteiger partial charge in [-0.3, -0.25) is 4.79 Å². The Labute approximate surface area is 142 Å². The maximum Gasteiger partial charge on any atom is 0.308 e. The van der Waals surface area contributed by atoms with Crippen molar-refractivity contribution in [2.24, 2.45) is 0 Å². The fraction of sp³-hybridized carbons (Fsp3) is 0.421. The van der Waals surface area contributed by atoms with Gasteiger partial charge >= 0.3 is 5.97 Å². The molecule has 4 heteroatoms. The van der Waals surface area contributed by atoms with Gasteiger partial charge in [0.1, 0.15) is 5.75 Å². The number of ether oxygens (including phenoxy) is 1. The molecular weight excluding hydrogens is 310 g/mol. The van der Waals surface area contributed by atoms with Gasteiger partial charge in [0.25, 0.3) is 0 Å². The van der Waals surface area contributed by atoms with E-state index in [1.165, 1.54) is 12.5 Å². The van der Waals surface area contributed by atoms with Gasteiger partial charge in [-0.05, 0) is 24.3 Å². The van der Waals surface area contributed by atoms with Crippen LogP contribution in [-0.4, -0.2) is 24.4 Å². The Kier molecular flexibility index (Phi) is 4.49. The zero-order valence-electron chi connectivity index (χ0n) is 13.8. The molecule has 0 spiro atoms. The van der Waals surface area contributed by atoms with Crippen LogP contribution in [0.4, 0.5) is 5.69 Å². The predicted octanol–water partition coefficient (Wildman–Crippen LogP) is 4.71. The van der Waals surface area contributed by atoms with Crippen LogP contribution in [0.2, 0.25) is 0 Å². The quantitative estimate of drug-likeness (QED) is 0.462. The van der Waals surface area contributed by atoms with Crippen molar-refractivity contribution in [2.45, 2.75) is 39.2 Å². The average Bonchev–Trinajstić information content (AvgIpc) is 2.92. The molecule has 2 aromatic rings. The van der Waals surface area contributed by atoms with Crippen molar-refractivity contribution in [1.82, 2.24) is 0 Å². The summed E-state index contributed by atoms with van der Waals surface area (Å²) >= 11 is 6.26. The van der Waals surface area contributed by atoms with E-state index < -0.39 is 0 Å². The molecule has 122 valence electrons. The minimum absolute atomic E-state index is 0.294. The van der Waals surface area contributed by atoms with Gasteiger partial charge in [-0.25, -0.2) is 0 Å². The Morgan fingerprint density at radius 2 is 2.09 bits per heavy atom. The molecule has 2 atom stereocenters. The highest BCUT2D eigenvalue weighted by Gasteiger charge is 2.33. The fourth-order valence-corrected chi connectivity index (χ4v) is 3.70. The van der Waals surface area contributed by atoms with Gasteiger partial charge in [-0.1, -0.05) is 31.2 Å². The molecule has 2 aromatic carbocycles. The number of fused-ring (bicyclic) bond motifs is 3. The Morgan fingerprint density at radius 3 is 2.70 bits per heavy atom. The van der Waals surface area contributed by atoms with Crippen molar-refractivity contribution in [3.05, 3.63) is 35.9 Å². The van der Waals surface area contributed by atoms with Gasteiger partial charge < -0.3 is 9.64 Å². The Hall–Kier alpha value is -1.74. The summed E-state index contributed by atoms with van der Waals surface area (Å²) in [6.07, 6.45) is 1.06. The van der Waals surface area contributed by atoms with Crippen molar-refractivity contribution in [3.63, 3.8) is 0 Å². The van der Waals surface area contributed by atoms with E-state index in [-0.39, 0.29) is 5.97 Å². The van der Waals surface area contributed by atoms with Crippen LogP contribution in [0.3, 0.4) is 0 Å². The first-order valence-corrected chi connectivity index (χ1v) is 8.66. The number of hydrogen-bond acceptors (Lipinski definition) is 3. The molecule has 1 heterocycles. The van der Waals surface area contributed by atoms with E-state index in [4.69, 9.17) is 16.3 Å². The van der Waals surface area contributed by atoms with Crippen molar-refractivity contribution >= 4 is 34.0 Å². The Balaban J connectivity index is 2.25. The number of anilines is 1. The number of carbonyl (C=O) groups is 1. The second-order valence-corrected chi connectivity index (χ2v) is 6.52. The van der Waals surface area contributed by atoms with Gasteiger partial charge in [0, 0.05) is 48.4 Å². The van der Waals surface area contributed by atoms with Crippen LogP contribution in [0.5, 0.6) is 5.75 Å². The van der Waals surface area contributed by atoms with Crippen molar-refractivity contribution < 1.29 is 9.53 Å². The van der Waals surface area contributed by atoms with E-state index >= 15 is 0 Å². The first kappa shape index (κ1) is 16.1. The first-order chi connectivity index (χ1) is 11.1. The molecule has 0 amide bonds. The summed E-state index contributed by atoms with van der Waals surface area (Å²) < 4.78 is 5.48. The molecule has 3 nitrogen and oxygen atoms in total. The minimum Gasteiger partial charge on any atom is -0.426 e. The Bertz CT molecular complexity index is 743. The molecule has 0 saturated carbocycles. The number of nitrogens with zero attached hydrogens (tertiary/aromatic N) is 1. The second kappa shape index (κ2) is 6.40. The van der Waals surface area contributed by atoms with E-state index in [2.05, 4.69) is 24.8 Å². The molecule has 23 heavy (non-hydrogen) atoms. The number of alkyl halides is 1. The number of esters is 1. The molecule has 0 N–H and O–H groups in total. The van der Waals surface area contributed by atoms with Crippen LogP contribution in [0.15, 0.2) is 30.3 Å². The number of halogens is 1. The number of carbonyl (C=O) groups excluding carboxylic acids is 1. The molecule has 1 aliphatic rings. The summed E-state index contributed by atoms with van der Waals surface area (Å²) in [6.45, 7) is 6.77. The summed E-state index contributed by atoms with van der Waals surface area (Å²) in [4.78, 5) is 13.9. The highest BCUT2D eigenvalue weighted by Crippen LogP contribution is 2.46. The molecule has 3 rings (SSSR count). The van der Waals surface area contributed by atoms with Gasteiger partial charge in [-0.15, -0.1) is 11.6 Å². The number of hydrogen-bond donors (Lipinski definition) is 0. The monoisotopic (exact) mass is 331 g/mol. The van der Waals surface area contributed by atoms with Crippen LogP contribution in [0, 0.1) is 0 Å². The first-order valence-electron chi connectivity index (χ1n) is 8.13. The number of rotatable bonds is 4. The lowest BCUT2D eigenvalue weighted by atomic mass is 9.95. The van der Waals surface area contributed by atoms with E-state index in [9.17, 15) is 4.79 Å². The van der Waals surface area contributed by atoms with Crippen molar-refractivity contribution in [3.8, 4) is 5.75 Å². The smallest absolute Gasteiger partial charge is 0.308 e. The van der Waals surface area contributed by atoms with E-state index in [0.29, 0.717) is 23.6 Å². The Morgan fingerprint density at radius 1 is 1.39 bits per heavy atom. The van der Waals surface area contributed by atoms with Gasteiger partial charge in [0.05, 0.1) is 0 Å². The van der Waals surface area contributed by atoms with Gasteiger partial charge in [-0.2, -0.15) is 0 Å². The predicted molar refractivity (Wildman–Crippen MR) is 95.8 cm³/mol. The molecule has 0 aliphatic carbocycles. The maximum atomic E-state index is 11.5. The summed E-state index contributed by atoms with van der Waals surface area (Å²) in [6, 6.07) is 10.5. The fourth-order valence-electron chi connectivity index (χ4n) is 3.45. The zero-order valence-corrected chi connectivity index (χ0v) is 14.6. The van der Waals surface area contributed by atoms with E-state index in [1.807, 2.05) is 24.3 Å². The molecular formula is C19H22ClNO2. The SMILES string of the molecule is CCC(C)N1C[C@@H](CCl)c2c1cc(OC(C)=O)c1ccccc21. The third-order valence-corrected chi connectivity index (χ3v) is 5.10. The van der Waals surface area contributed by atoms with Gasteiger partial charge in [0.2, 0.25) is 0 Å². The van der Waals surface area contributed by atoms with Crippen molar-refractivity contribution in [1.29, 1.82) is 0 Å². The summed E-state index contributed by atoms with van der Waals surface area (Å²) in [5.41, 5.74) is 2.44. The van der Waals surface area contributed by atoms with Crippen LogP contribution in [0.25, 0.3) is 10.8 Å². The minimum atomic E-state index is -0.294. The second-order valence-electron chi connectivity index (χ2n) is 6.21.